The fraction of sp³-hybridized carbons (Fsp3) is 0.167. The molecule has 0 bridgehead atoms. The number of ether oxygens (including phenoxy) is 1. The first-order valence-corrected chi connectivity index (χ1v) is 12.4. The van der Waals surface area contributed by atoms with Gasteiger partial charge in [0.25, 0.3) is 5.91 Å². The van der Waals surface area contributed by atoms with E-state index in [0.717, 1.165) is 38.3 Å². The monoisotopic (exact) mass is 525 g/mol. The van der Waals surface area contributed by atoms with E-state index in [1.54, 1.807) is 12.1 Å². The molecule has 0 spiro atoms. The zero-order valence-corrected chi connectivity index (χ0v) is 21.5. The third-order valence-corrected chi connectivity index (χ3v) is 6.23. The lowest BCUT2D eigenvalue weighted by atomic mass is 9.97. The van der Waals surface area contributed by atoms with Crippen molar-refractivity contribution in [1.29, 1.82) is 0 Å². The van der Waals surface area contributed by atoms with Crippen LogP contribution < -0.4 is 21.5 Å². The Morgan fingerprint density at radius 1 is 0.949 bits per heavy atom. The second kappa shape index (κ2) is 11.1. The number of nitrogens with one attached hydrogen (secondary N) is 2. The fourth-order valence-corrected chi connectivity index (χ4v) is 4.25. The van der Waals surface area contributed by atoms with Gasteiger partial charge in [-0.3, -0.25) is 4.79 Å². The molecule has 0 unspecified atom stereocenters. The maximum atomic E-state index is 12.6. The summed E-state index contributed by atoms with van der Waals surface area (Å²) in [6.07, 6.45) is 0. The fourth-order valence-electron chi connectivity index (χ4n) is 4.25. The highest BCUT2D eigenvalue weighted by Gasteiger charge is 2.11. The van der Waals surface area contributed by atoms with Crippen LogP contribution in [0, 0.1) is 13.8 Å². The number of benzene rings is 3. The van der Waals surface area contributed by atoms with Gasteiger partial charge in [-0.05, 0) is 84.1 Å². The highest BCUT2D eigenvalue weighted by Crippen LogP contribution is 2.26. The zero-order chi connectivity index (χ0) is 27.4. The van der Waals surface area contributed by atoms with Crippen molar-refractivity contribution in [1.82, 2.24) is 15.0 Å². The Balaban J connectivity index is 1.20. The number of aromatic nitrogens is 2. The molecule has 39 heavy (non-hydrogen) atoms. The maximum Gasteiger partial charge on any atom is 0.440 e. The maximum absolute atomic E-state index is 12.6. The average molecular weight is 526 g/mol. The van der Waals surface area contributed by atoms with Crippen LogP contribution in [0.2, 0.25) is 0 Å². The van der Waals surface area contributed by atoms with Crippen molar-refractivity contribution in [2.45, 2.75) is 33.5 Å². The minimum atomic E-state index is -0.782. The van der Waals surface area contributed by atoms with Crippen molar-refractivity contribution in [3.05, 3.63) is 134 Å². The third-order valence-electron chi connectivity index (χ3n) is 6.23. The quantitative estimate of drug-likeness (QED) is 0.291. The molecular weight excluding hydrogens is 498 g/mol. The number of carbonyl (C=O) groups excluding carboxylic acids is 1. The Hall–Kier alpha value is -5.05. The van der Waals surface area contributed by atoms with Crippen molar-refractivity contribution in [2.75, 3.05) is 0 Å². The molecule has 2 aromatic heterocycles. The molecule has 0 atom stereocenters. The van der Waals surface area contributed by atoms with Gasteiger partial charge in [-0.25, -0.2) is 14.6 Å². The molecule has 1 amide bonds. The molecule has 0 fully saturated rings. The molecule has 0 aliphatic rings. The molecule has 9 nitrogen and oxygen atoms in total. The largest absolute Gasteiger partial charge is 0.489 e. The van der Waals surface area contributed by atoms with Gasteiger partial charge >= 0.3 is 11.4 Å². The van der Waals surface area contributed by atoms with Gasteiger partial charge in [-0.2, -0.15) is 0 Å². The molecule has 0 saturated carbocycles. The Kier molecular flexibility index (Phi) is 7.31. The Morgan fingerprint density at radius 2 is 1.77 bits per heavy atom. The summed E-state index contributed by atoms with van der Waals surface area (Å²) in [4.78, 5) is 37.4. The van der Waals surface area contributed by atoms with Crippen LogP contribution in [0.25, 0.3) is 11.1 Å². The summed E-state index contributed by atoms with van der Waals surface area (Å²) in [5.41, 5.74) is 4.83. The van der Waals surface area contributed by atoms with Crippen molar-refractivity contribution < 1.29 is 18.5 Å². The molecule has 2 heterocycles. The second-order valence-corrected chi connectivity index (χ2v) is 9.20. The number of hydrogen-bond acceptors (Lipinski definition) is 6. The lowest BCUT2D eigenvalue weighted by molar-refractivity contribution is 0.0948. The standard InChI is InChI=1S/C30H27N3O6/c1-19-14-24(28(34)31-16-26-10-6-20(2)38-26)9-13-27(19)23-5-3-4-22(15-23)18-37-25-11-7-21(8-12-25)17-33-29(35)32-30(36)39-33/h3-15H,16-18H2,1-2H3,(H,31,34)(H,32,35,36). The van der Waals surface area contributed by atoms with Crippen LogP contribution in [0.3, 0.4) is 0 Å². The summed E-state index contributed by atoms with van der Waals surface area (Å²) in [5.74, 6) is 1.26. The zero-order valence-electron chi connectivity index (χ0n) is 21.5. The average Bonchev–Trinajstić information content (AvgIpc) is 3.49. The first-order valence-electron chi connectivity index (χ1n) is 12.4. The van der Waals surface area contributed by atoms with Gasteiger partial charge in [0, 0.05) is 5.56 Å². The van der Waals surface area contributed by atoms with Crippen LogP contribution in [0.4, 0.5) is 0 Å². The van der Waals surface area contributed by atoms with Gasteiger partial charge in [-0.15, -0.1) is 4.74 Å². The van der Waals surface area contributed by atoms with Crippen LogP contribution >= 0.6 is 0 Å². The number of aromatic amines is 1. The van der Waals surface area contributed by atoms with Gasteiger partial charge in [0.05, 0.1) is 13.1 Å². The van der Waals surface area contributed by atoms with Crippen LogP contribution in [0.15, 0.2) is 97.4 Å². The summed E-state index contributed by atoms with van der Waals surface area (Å²) >= 11 is 0. The number of rotatable bonds is 9. The second-order valence-electron chi connectivity index (χ2n) is 9.20. The molecule has 0 saturated heterocycles. The van der Waals surface area contributed by atoms with Crippen LogP contribution in [0.5, 0.6) is 5.75 Å². The molecule has 0 aliphatic heterocycles. The summed E-state index contributed by atoms with van der Waals surface area (Å²) in [6.45, 7) is 4.70. The van der Waals surface area contributed by atoms with E-state index in [2.05, 4.69) is 16.4 Å². The Morgan fingerprint density at radius 3 is 2.46 bits per heavy atom. The predicted molar refractivity (Wildman–Crippen MR) is 145 cm³/mol. The molecule has 0 aliphatic carbocycles. The molecule has 3 aromatic carbocycles. The molecular formula is C30H27N3O6. The van der Waals surface area contributed by atoms with Gasteiger partial charge in [0.1, 0.15) is 23.9 Å². The van der Waals surface area contributed by atoms with E-state index in [4.69, 9.17) is 13.7 Å². The van der Waals surface area contributed by atoms with Crippen LogP contribution in [-0.2, 0) is 19.7 Å². The number of furan rings is 1. The van der Waals surface area contributed by atoms with Crippen molar-refractivity contribution in [3.63, 3.8) is 0 Å². The van der Waals surface area contributed by atoms with Crippen LogP contribution in [-0.4, -0.2) is 15.6 Å². The summed E-state index contributed by atoms with van der Waals surface area (Å²) < 4.78 is 17.2. The Labute approximate surface area is 223 Å². The predicted octanol–water partition coefficient (Wildman–Crippen LogP) is 4.56. The summed E-state index contributed by atoms with van der Waals surface area (Å²) in [7, 11) is 0. The highest BCUT2D eigenvalue weighted by molar-refractivity contribution is 5.95. The first kappa shape index (κ1) is 25.6. The van der Waals surface area contributed by atoms with Crippen LogP contribution in [0.1, 0.15) is 38.6 Å². The molecule has 2 N–H and O–H groups in total. The van der Waals surface area contributed by atoms with E-state index in [9.17, 15) is 14.4 Å². The van der Waals surface area contributed by atoms with Gasteiger partial charge in [0.15, 0.2) is 0 Å². The molecule has 5 aromatic rings. The number of hydrogen-bond donors (Lipinski definition) is 2. The van der Waals surface area contributed by atoms with Gasteiger partial charge in [-0.1, -0.05) is 36.4 Å². The van der Waals surface area contributed by atoms with E-state index < -0.39 is 11.4 Å². The molecule has 5 rings (SSSR count). The van der Waals surface area contributed by atoms with Gasteiger partial charge in [0.2, 0.25) is 0 Å². The number of nitrogens with zero attached hydrogens (tertiary/aromatic N) is 1. The molecule has 0 radical (unpaired) electrons. The van der Waals surface area contributed by atoms with E-state index in [1.165, 1.54) is 0 Å². The molecule has 198 valence electrons. The first-order chi connectivity index (χ1) is 18.8. The number of carbonyl (C=O) groups is 1. The summed E-state index contributed by atoms with van der Waals surface area (Å²) in [6, 6.07) is 24.7. The number of amides is 1. The van der Waals surface area contributed by atoms with Gasteiger partial charge < -0.3 is 19.0 Å². The van der Waals surface area contributed by atoms with E-state index in [-0.39, 0.29) is 12.5 Å². The SMILES string of the molecule is Cc1ccc(CNC(=O)c2ccc(-c3cccc(COc4ccc(Cn5oc(=O)[nH]c5=O)cc4)c3)c(C)c2)o1. The van der Waals surface area contributed by atoms with E-state index >= 15 is 0 Å². The lowest BCUT2D eigenvalue weighted by Crippen LogP contribution is -2.22. The van der Waals surface area contributed by atoms with Crippen molar-refractivity contribution in [2.24, 2.45) is 0 Å². The topological polar surface area (TPSA) is 119 Å². The Bertz CT molecular complexity index is 1720. The normalized spacial score (nSPS) is 10.9. The number of H-pyrrole nitrogens is 1. The summed E-state index contributed by atoms with van der Waals surface area (Å²) in [5, 5.41) is 2.89. The molecule has 9 heteroatoms. The van der Waals surface area contributed by atoms with Crippen molar-refractivity contribution in [3.8, 4) is 16.9 Å². The smallest absolute Gasteiger partial charge is 0.440 e. The highest BCUT2D eigenvalue weighted by atomic mass is 16.5. The lowest BCUT2D eigenvalue weighted by Gasteiger charge is -2.12. The van der Waals surface area contributed by atoms with E-state index in [0.29, 0.717) is 30.2 Å². The number of aryl methyl sites for hydroxylation is 2. The minimum Gasteiger partial charge on any atom is -0.489 e. The third kappa shape index (κ3) is 6.27. The minimum absolute atomic E-state index is 0.142. The van der Waals surface area contributed by atoms with E-state index in [1.807, 2.05) is 74.5 Å². The van der Waals surface area contributed by atoms with Crippen molar-refractivity contribution >= 4 is 5.91 Å².